The van der Waals surface area contributed by atoms with Crippen LogP contribution in [0.2, 0.25) is 0 Å². The van der Waals surface area contributed by atoms with E-state index in [1.807, 2.05) is 0 Å². The predicted molar refractivity (Wildman–Crippen MR) is 49.3 cm³/mol. The fourth-order valence-electron chi connectivity index (χ4n) is 0.675. The van der Waals surface area contributed by atoms with E-state index in [2.05, 4.69) is 4.74 Å². The minimum Gasteiger partial charge on any atom is -0.504 e. The first-order valence-corrected chi connectivity index (χ1v) is 3.62. The Hall–Kier alpha value is -1.42. The van der Waals surface area contributed by atoms with E-state index < -0.39 is 0 Å². The Morgan fingerprint density at radius 1 is 1.08 bits per heavy atom. The van der Waals surface area contributed by atoms with Gasteiger partial charge in [0.15, 0.2) is 17.2 Å². The highest BCUT2D eigenvalue weighted by molar-refractivity contribution is 5.48. The number of hydrogen-bond acceptors (Lipinski definition) is 4. The molecule has 1 rings (SSSR count). The Morgan fingerprint density at radius 2 is 1.62 bits per heavy atom. The molecule has 74 valence electrons. The van der Waals surface area contributed by atoms with Gasteiger partial charge in [-0.1, -0.05) is 6.07 Å². The molecule has 0 saturated carbocycles. The second-order valence-electron chi connectivity index (χ2n) is 2.24. The quantitative estimate of drug-likeness (QED) is 0.650. The van der Waals surface area contributed by atoms with E-state index >= 15 is 0 Å². The highest BCUT2D eigenvalue weighted by Gasteiger charge is 2.03. The number of methoxy groups -OCH3 is 2. The number of phenolic OH excluding ortho intramolecular Hbond substituents is 2. The van der Waals surface area contributed by atoms with Gasteiger partial charge in [-0.15, -0.1) is 0 Å². The van der Waals surface area contributed by atoms with E-state index in [-0.39, 0.29) is 17.2 Å². The van der Waals surface area contributed by atoms with Crippen molar-refractivity contribution in [2.24, 2.45) is 0 Å². The molecule has 1 aromatic carbocycles. The second kappa shape index (κ2) is 6.14. The fraction of sp³-hybridized carbons (Fsp3) is 0.333. The van der Waals surface area contributed by atoms with Crippen LogP contribution < -0.4 is 4.74 Å². The van der Waals surface area contributed by atoms with E-state index in [9.17, 15) is 0 Å². The summed E-state index contributed by atoms with van der Waals surface area (Å²) in [4.78, 5) is 0. The Morgan fingerprint density at radius 3 is 2.00 bits per heavy atom. The van der Waals surface area contributed by atoms with Crippen LogP contribution >= 0.6 is 0 Å². The van der Waals surface area contributed by atoms with Gasteiger partial charge in [0, 0.05) is 14.2 Å². The van der Waals surface area contributed by atoms with Crippen molar-refractivity contribution in [1.82, 2.24) is 0 Å². The van der Waals surface area contributed by atoms with Crippen LogP contribution in [-0.4, -0.2) is 31.5 Å². The number of hydrogen-bond donors (Lipinski definition) is 2. The second-order valence-corrected chi connectivity index (χ2v) is 2.24. The molecular weight excluding hydrogens is 172 g/mol. The van der Waals surface area contributed by atoms with Crippen molar-refractivity contribution in [2.75, 3.05) is 21.3 Å². The average Bonchev–Trinajstić information content (AvgIpc) is 2.11. The Bertz CT molecular complexity index is 247. The van der Waals surface area contributed by atoms with Crippen molar-refractivity contribution >= 4 is 0 Å². The topological polar surface area (TPSA) is 58.9 Å². The van der Waals surface area contributed by atoms with Gasteiger partial charge in [0.05, 0.1) is 7.11 Å². The first-order valence-electron chi connectivity index (χ1n) is 3.62. The summed E-state index contributed by atoms with van der Waals surface area (Å²) in [6, 6.07) is 4.54. The normalized spacial score (nSPS) is 8.54. The van der Waals surface area contributed by atoms with E-state index in [1.54, 1.807) is 26.4 Å². The van der Waals surface area contributed by atoms with Crippen molar-refractivity contribution < 1.29 is 19.7 Å². The van der Waals surface area contributed by atoms with Gasteiger partial charge < -0.3 is 19.7 Å². The van der Waals surface area contributed by atoms with Gasteiger partial charge in [-0.25, -0.2) is 0 Å². The number of para-hydroxylation sites is 1. The zero-order valence-electron chi connectivity index (χ0n) is 7.94. The fourth-order valence-corrected chi connectivity index (χ4v) is 0.675. The van der Waals surface area contributed by atoms with Gasteiger partial charge in [-0.05, 0) is 12.1 Å². The van der Waals surface area contributed by atoms with Crippen LogP contribution in [0.4, 0.5) is 0 Å². The minimum atomic E-state index is -0.218. The van der Waals surface area contributed by atoms with Gasteiger partial charge in [-0.2, -0.15) is 0 Å². The molecule has 0 heterocycles. The third kappa shape index (κ3) is 3.66. The van der Waals surface area contributed by atoms with Crippen molar-refractivity contribution in [3.05, 3.63) is 18.2 Å². The predicted octanol–water partition coefficient (Wildman–Crippen LogP) is 1.37. The van der Waals surface area contributed by atoms with Crippen molar-refractivity contribution in [3.63, 3.8) is 0 Å². The summed E-state index contributed by atoms with van der Waals surface area (Å²) < 4.78 is 8.97. The van der Waals surface area contributed by atoms with Crippen molar-refractivity contribution in [1.29, 1.82) is 0 Å². The molecule has 4 nitrogen and oxygen atoms in total. The summed E-state index contributed by atoms with van der Waals surface area (Å²) in [6.07, 6.45) is 0. The highest BCUT2D eigenvalue weighted by Crippen LogP contribution is 2.33. The van der Waals surface area contributed by atoms with Crippen LogP contribution in [0, 0.1) is 0 Å². The van der Waals surface area contributed by atoms with Crippen LogP contribution in [0.15, 0.2) is 18.2 Å². The lowest BCUT2D eigenvalue weighted by Crippen LogP contribution is -1.82. The van der Waals surface area contributed by atoms with Gasteiger partial charge in [0.1, 0.15) is 0 Å². The molecule has 0 saturated heterocycles. The molecule has 0 aliphatic rings. The first kappa shape index (κ1) is 11.6. The molecule has 2 N–H and O–H groups in total. The molecule has 0 aromatic heterocycles. The van der Waals surface area contributed by atoms with Gasteiger partial charge >= 0.3 is 0 Å². The molecule has 0 atom stereocenters. The Labute approximate surface area is 77.3 Å². The molecule has 0 fully saturated rings. The largest absolute Gasteiger partial charge is 0.504 e. The third-order valence-corrected chi connectivity index (χ3v) is 1.20. The lowest BCUT2D eigenvalue weighted by Gasteiger charge is -2.02. The number of benzene rings is 1. The summed E-state index contributed by atoms with van der Waals surface area (Å²) in [5.41, 5.74) is 0. The monoisotopic (exact) mass is 186 g/mol. The maximum Gasteiger partial charge on any atom is 0.200 e. The van der Waals surface area contributed by atoms with E-state index in [4.69, 9.17) is 14.9 Å². The molecule has 0 aliphatic carbocycles. The lowest BCUT2D eigenvalue weighted by molar-refractivity contribution is 0.277. The standard InChI is InChI=1S/C7H8O3.C2H6O/c1-10-6-4-2-3-5(8)7(6)9;1-3-2/h2-4,8-9H,1H3;1-2H3. The van der Waals surface area contributed by atoms with Gasteiger partial charge in [0.25, 0.3) is 0 Å². The summed E-state index contributed by atoms with van der Waals surface area (Å²) in [6.45, 7) is 0. The van der Waals surface area contributed by atoms with Crippen molar-refractivity contribution in [2.45, 2.75) is 0 Å². The zero-order valence-corrected chi connectivity index (χ0v) is 7.94. The number of aromatic hydroxyl groups is 2. The molecule has 4 heteroatoms. The SMILES string of the molecule is COC.COc1cccc(O)c1O. The lowest BCUT2D eigenvalue weighted by atomic mass is 10.3. The summed E-state index contributed by atoms with van der Waals surface area (Å²) in [7, 11) is 4.68. The first-order chi connectivity index (χ1) is 6.17. The third-order valence-electron chi connectivity index (χ3n) is 1.20. The maximum atomic E-state index is 9.02. The summed E-state index contributed by atoms with van der Waals surface area (Å²) in [5.74, 6) is -0.107. The molecular formula is C9H14O4. The molecule has 0 bridgehead atoms. The smallest absolute Gasteiger partial charge is 0.200 e. The molecule has 1 aromatic rings. The van der Waals surface area contributed by atoms with Crippen molar-refractivity contribution in [3.8, 4) is 17.2 Å². The Kier molecular flexibility index (Phi) is 5.47. The Balaban J connectivity index is 0.000000424. The highest BCUT2D eigenvalue weighted by atomic mass is 16.5. The molecule has 0 unspecified atom stereocenters. The molecule has 0 radical (unpaired) electrons. The van der Waals surface area contributed by atoms with Crippen LogP contribution in [0.5, 0.6) is 17.2 Å². The van der Waals surface area contributed by atoms with Crippen LogP contribution in [0.25, 0.3) is 0 Å². The molecule has 0 amide bonds. The van der Waals surface area contributed by atoms with Crippen LogP contribution in [0.3, 0.4) is 0 Å². The van der Waals surface area contributed by atoms with Gasteiger partial charge in [0.2, 0.25) is 0 Å². The summed E-state index contributed by atoms with van der Waals surface area (Å²) >= 11 is 0. The number of phenols is 2. The molecule has 0 aliphatic heterocycles. The number of rotatable bonds is 1. The summed E-state index contributed by atoms with van der Waals surface area (Å²) in [5, 5.41) is 17.9. The maximum absolute atomic E-state index is 9.02. The minimum absolute atomic E-state index is 0.167. The molecule has 13 heavy (non-hydrogen) atoms. The van der Waals surface area contributed by atoms with Crippen LogP contribution in [0.1, 0.15) is 0 Å². The van der Waals surface area contributed by atoms with Crippen LogP contribution in [-0.2, 0) is 4.74 Å². The van der Waals surface area contributed by atoms with Gasteiger partial charge in [-0.3, -0.25) is 0 Å². The molecule has 0 spiro atoms. The van der Waals surface area contributed by atoms with E-state index in [0.29, 0.717) is 0 Å². The number of ether oxygens (including phenoxy) is 2. The zero-order chi connectivity index (χ0) is 10.3. The van der Waals surface area contributed by atoms with E-state index in [1.165, 1.54) is 13.2 Å². The van der Waals surface area contributed by atoms with E-state index in [0.717, 1.165) is 0 Å². The average molecular weight is 186 g/mol.